The molecule has 2 aliphatic rings. The number of hydrogen-bond acceptors (Lipinski definition) is 3. The molecule has 0 radical (unpaired) electrons. The van der Waals surface area contributed by atoms with Gasteiger partial charge in [-0.15, -0.1) is 0 Å². The summed E-state index contributed by atoms with van der Waals surface area (Å²) in [6.07, 6.45) is 3.88. The lowest BCUT2D eigenvalue weighted by Gasteiger charge is -2.34. The van der Waals surface area contributed by atoms with E-state index in [4.69, 9.17) is 0 Å². The van der Waals surface area contributed by atoms with Crippen molar-refractivity contribution in [1.82, 2.24) is 10.2 Å². The molecule has 1 aliphatic heterocycles. The van der Waals surface area contributed by atoms with Gasteiger partial charge in [0.2, 0.25) is 0 Å². The molecule has 2 N–H and O–H groups in total. The molecule has 0 aromatic rings. The Hall–Kier alpha value is -0.120. The first kappa shape index (κ1) is 14.3. The molecule has 18 heavy (non-hydrogen) atoms. The fourth-order valence-corrected chi connectivity index (χ4v) is 4.25. The zero-order chi connectivity index (χ0) is 13.3. The molecule has 1 saturated heterocycles. The molecule has 1 heterocycles. The van der Waals surface area contributed by atoms with Gasteiger partial charge in [-0.25, -0.2) is 0 Å². The summed E-state index contributed by atoms with van der Waals surface area (Å²) in [7, 11) is 2.10. The van der Waals surface area contributed by atoms with Gasteiger partial charge >= 0.3 is 0 Å². The molecule has 4 unspecified atom stereocenters. The highest BCUT2D eigenvalue weighted by Crippen LogP contribution is 2.42. The van der Waals surface area contributed by atoms with Crippen LogP contribution in [0.2, 0.25) is 0 Å². The van der Waals surface area contributed by atoms with E-state index < -0.39 is 0 Å². The summed E-state index contributed by atoms with van der Waals surface area (Å²) in [6.45, 7) is 9.68. The Morgan fingerprint density at radius 2 is 2.06 bits per heavy atom. The SMILES string of the molecule is CNC1C(CN2CCC(C)C2CO)CCC1(C)C. The maximum absolute atomic E-state index is 9.55. The molecule has 0 spiro atoms. The Morgan fingerprint density at radius 1 is 1.33 bits per heavy atom. The molecule has 1 saturated carbocycles. The normalized spacial score (nSPS) is 40.5. The lowest BCUT2D eigenvalue weighted by Crippen LogP contribution is -2.46. The van der Waals surface area contributed by atoms with Crippen molar-refractivity contribution in [2.75, 3.05) is 26.7 Å². The number of rotatable bonds is 4. The topological polar surface area (TPSA) is 35.5 Å². The minimum atomic E-state index is 0.321. The minimum absolute atomic E-state index is 0.321. The number of likely N-dealkylation sites (tertiary alicyclic amines) is 1. The predicted molar refractivity (Wildman–Crippen MR) is 75.6 cm³/mol. The van der Waals surface area contributed by atoms with E-state index in [1.165, 1.54) is 25.8 Å². The Balaban J connectivity index is 1.97. The highest BCUT2D eigenvalue weighted by Gasteiger charge is 2.43. The van der Waals surface area contributed by atoms with Gasteiger partial charge in [0.05, 0.1) is 6.61 Å². The van der Waals surface area contributed by atoms with Crippen molar-refractivity contribution >= 4 is 0 Å². The molecule has 0 bridgehead atoms. The first-order valence-corrected chi connectivity index (χ1v) is 7.51. The quantitative estimate of drug-likeness (QED) is 0.802. The largest absolute Gasteiger partial charge is 0.395 e. The lowest BCUT2D eigenvalue weighted by molar-refractivity contribution is 0.115. The van der Waals surface area contributed by atoms with E-state index in [2.05, 4.69) is 38.0 Å². The van der Waals surface area contributed by atoms with Gasteiger partial charge in [-0.1, -0.05) is 20.8 Å². The maximum atomic E-state index is 9.55. The van der Waals surface area contributed by atoms with Crippen LogP contribution in [0.4, 0.5) is 0 Å². The number of aliphatic hydroxyl groups is 1. The molecular formula is C15H30N2O. The van der Waals surface area contributed by atoms with E-state index in [1.807, 2.05) is 0 Å². The third kappa shape index (κ3) is 2.59. The van der Waals surface area contributed by atoms with E-state index >= 15 is 0 Å². The highest BCUT2D eigenvalue weighted by atomic mass is 16.3. The van der Waals surface area contributed by atoms with Gasteiger partial charge in [-0.3, -0.25) is 4.90 Å². The standard InChI is InChI=1S/C15H30N2O/c1-11-6-8-17(13(11)10-18)9-12-5-7-15(2,3)14(12)16-4/h11-14,16,18H,5-10H2,1-4H3. The Morgan fingerprint density at radius 3 is 2.67 bits per heavy atom. The van der Waals surface area contributed by atoms with Gasteiger partial charge in [0.15, 0.2) is 0 Å². The van der Waals surface area contributed by atoms with Gasteiger partial charge in [-0.05, 0) is 50.1 Å². The van der Waals surface area contributed by atoms with Gasteiger partial charge in [0.1, 0.15) is 0 Å². The van der Waals surface area contributed by atoms with Crippen LogP contribution in [0.1, 0.15) is 40.0 Å². The number of nitrogens with zero attached hydrogens (tertiary/aromatic N) is 1. The summed E-state index contributed by atoms with van der Waals surface area (Å²) in [4.78, 5) is 2.53. The molecule has 0 aromatic carbocycles. The second-order valence-corrected chi connectivity index (χ2v) is 7.06. The van der Waals surface area contributed by atoms with Crippen LogP contribution in [0.5, 0.6) is 0 Å². The van der Waals surface area contributed by atoms with Crippen LogP contribution in [0.25, 0.3) is 0 Å². The molecule has 0 amide bonds. The van der Waals surface area contributed by atoms with Gasteiger partial charge < -0.3 is 10.4 Å². The van der Waals surface area contributed by atoms with Crippen molar-refractivity contribution in [3.05, 3.63) is 0 Å². The fraction of sp³-hybridized carbons (Fsp3) is 1.00. The van der Waals surface area contributed by atoms with Crippen molar-refractivity contribution in [3.8, 4) is 0 Å². The summed E-state index contributed by atoms with van der Waals surface area (Å²) >= 11 is 0. The van der Waals surface area contributed by atoms with Gasteiger partial charge in [-0.2, -0.15) is 0 Å². The molecule has 2 rings (SSSR count). The molecule has 1 aliphatic carbocycles. The average molecular weight is 254 g/mol. The molecular weight excluding hydrogens is 224 g/mol. The lowest BCUT2D eigenvalue weighted by atomic mass is 9.85. The second kappa shape index (κ2) is 5.48. The highest BCUT2D eigenvalue weighted by molar-refractivity contribution is 4.98. The molecule has 3 nitrogen and oxygen atoms in total. The Bertz CT molecular complexity index is 280. The summed E-state index contributed by atoms with van der Waals surface area (Å²) in [5.41, 5.74) is 0.416. The summed E-state index contributed by atoms with van der Waals surface area (Å²) in [5, 5.41) is 13.1. The summed E-state index contributed by atoms with van der Waals surface area (Å²) in [5.74, 6) is 1.39. The zero-order valence-corrected chi connectivity index (χ0v) is 12.4. The van der Waals surface area contributed by atoms with E-state index in [9.17, 15) is 5.11 Å². The molecule has 2 fully saturated rings. The van der Waals surface area contributed by atoms with Crippen LogP contribution in [0.15, 0.2) is 0 Å². The molecule has 3 heteroatoms. The number of aliphatic hydroxyl groups excluding tert-OH is 1. The van der Waals surface area contributed by atoms with Crippen LogP contribution in [0.3, 0.4) is 0 Å². The minimum Gasteiger partial charge on any atom is -0.395 e. The van der Waals surface area contributed by atoms with E-state index in [0.29, 0.717) is 30.0 Å². The second-order valence-electron chi connectivity index (χ2n) is 7.06. The third-order valence-corrected chi connectivity index (χ3v) is 5.44. The fourth-order valence-electron chi connectivity index (χ4n) is 4.25. The van der Waals surface area contributed by atoms with Crippen LogP contribution < -0.4 is 5.32 Å². The van der Waals surface area contributed by atoms with Crippen molar-refractivity contribution < 1.29 is 5.11 Å². The van der Waals surface area contributed by atoms with Crippen LogP contribution in [0, 0.1) is 17.3 Å². The average Bonchev–Trinajstić information content (AvgIpc) is 2.80. The smallest absolute Gasteiger partial charge is 0.0589 e. The van der Waals surface area contributed by atoms with Gasteiger partial charge in [0, 0.05) is 18.6 Å². The van der Waals surface area contributed by atoms with Crippen LogP contribution in [-0.4, -0.2) is 48.8 Å². The first-order chi connectivity index (χ1) is 8.49. The predicted octanol–water partition coefficient (Wildman–Crippen LogP) is 1.71. The zero-order valence-electron chi connectivity index (χ0n) is 12.4. The van der Waals surface area contributed by atoms with Crippen LogP contribution >= 0.6 is 0 Å². The summed E-state index contributed by atoms with van der Waals surface area (Å²) in [6, 6.07) is 1.01. The van der Waals surface area contributed by atoms with E-state index in [1.54, 1.807) is 0 Å². The summed E-state index contributed by atoms with van der Waals surface area (Å²) < 4.78 is 0. The van der Waals surface area contributed by atoms with E-state index in [-0.39, 0.29) is 0 Å². The maximum Gasteiger partial charge on any atom is 0.0589 e. The number of nitrogens with one attached hydrogen (secondary N) is 1. The number of hydrogen-bond donors (Lipinski definition) is 2. The Labute approximate surface area is 112 Å². The van der Waals surface area contributed by atoms with Crippen molar-refractivity contribution in [3.63, 3.8) is 0 Å². The van der Waals surface area contributed by atoms with Crippen molar-refractivity contribution in [1.29, 1.82) is 0 Å². The first-order valence-electron chi connectivity index (χ1n) is 7.51. The van der Waals surface area contributed by atoms with E-state index in [0.717, 1.165) is 12.5 Å². The van der Waals surface area contributed by atoms with Crippen molar-refractivity contribution in [2.45, 2.75) is 52.1 Å². The molecule has 0 aromatic heterocycles. The van der Waals surface area contributed by atoms with Gasteiger partial charge in [0.25, 0.3) is 0 Å². The molecule has 4 atom stereocenters. The third-order valence-electron chi connectivity index (χ3n) is 5.44. The molecule has 106 valence electrons. The Kier molecular flexibility index (Phi) is 4.35. The monoisotopic (exact) mass is 254 g/mol. The van der Waals surface area contributed by atoms with Crippen LogP contribution in [-0.2, 0) is 0 Å². The van der Waals surface area contributed by atoms with Crippen molar-refractivity contribution in [2.24, 2.45) is 17.3 Å².